The van der Waals surface area contributed by atoms with Crippen LogP contribution in [0.4, 0.5) is 5.69 Å². The number of carbonyl (C=O) groups excluding carboxylic acids is 2. The number of ketones is 1. The van der Waals surface area contributed by atoms with Crippen molar-refractivity contribution in [2.24, 2.45) is 0 Å². The molecule has 0 spiro atoms. The Morgan fingerprint density at radius 1 is 1.10 bits per heavy atom. The Morgan fingerprint density at radius 2 is 1.87 bits per heavy atom. The maximum absolute atomic E-state index is 13.5. The van der Waals surface area contributed by atoms with Gasteiger partial charge in [-0.1, -0.05) is 48.0 Å². The second kappa shape index (κ2) is 8.17. The van der Waals surface area contributed by atoms with Crippen LogP contribution in [0.25, 0.3) is 0 Å². The van der Waals surface area contributed by atoms with Crippen molar-refractivity contribution >= 4 is 29.0 Å². The van der Waals surface area contributed by atoms with Gasteiger partial charge in [0.2, 0.25) is 0 Å². The molecule has 3 aromatic carbocycles. The second-order valence-electron chi connectivity index (χ2n) is 7.67. The van der Waals surface area contributed by atoms with Gasteiger partial charge in [-0.3, -0.25) is 9.59 Å². The molecule has 158 valence electrons. The SMILES string of the molecule is COc1cccc(C(=O)C[C@]2(O)C(=O)N(Cc3ccccc3C)c3ccc(Cl)cc32)c1. The predicted molar refractivity (Wildman–Crippen MR) is 120 cm³/mol. The van der Waals surface area contributed by atoms with E-state index in [0.717, 1.165) is 11.1 Å². The lowest BCUT2D eigenvalue weighted by molar-refractivity contribution is -0.136. The number of fused-ring (bicyclic) bond motifs is 1. The molecule has 4 rings (SSSR count). The number of hydrogen-bond donors (Lipinski definition) is 1. The number of nitrogens with zero attached hydrogens (tertiary/aromatic N) is 1. The second-order valence-corrected chi connectivity index (χ2v) is 8.11. The van der Waals surface area contributed by atoms with Crippen molar-refractivity contribution in [3.8, 4) is 5.75 Å². The molecule has 0 bridgehead atoms. The van der Waals surface area contributed by atoms with E-state index in [2.05, 4.69) is 0 Å². The number of Topliss-reactive ketones (excluding diaryl/α,β-unsaturated/α-hetero) is 1. The van der Waals surface area contributed by atoms with Crippen molar-refractivity contribution in [2.45, 2.75) is 25.5 Å². The molecular weight excluding hydrogens is 414 g/mol. The number of ether oxygens (including phenoxy) is 1. The first-order chi connectivity index (χ1) is 14.8. The summed E-state index contributed by atoms with van der Waals surface area (Å²) in [6.07, 6.45) is -0.392. The molecular formula is C25H22ClNO4. The maximum Gasteiger partial charge on any atom is 0.264 e. The number of rotatable bonds is 6. The third kappa shape index (κ3) is 3.82. The van der Waals surface area contributed by atoms with Crippen molar-refractivity contribution in [2.75, 3.05) is 12.0 Å². The van der Waals surface area contributed by atoms with Crippen LogP contribution < -0.4 is 9.64 Å². The first-order valence-corrected chi connectivity index (χ1v) is 10.3. The van der Waals surface area contributed by atoms with Gasteiger partial charge in [-0.15, -0.1) is 0 Å². The Balaban J connectivity index is 1.72. The standard InChI is InChI=1S/C25H22ClNO4/c1-16-6-3-4-7-18(16)15-27-22-11-10-19(26)13-21(22)25(30,24(27)29)14-23(28)17-8-5-9-20(12-17)31-2/h3-13,30H,14-15H2,1-2H3/t25-/m1/s1. The summed E-state index contributed by atoms with van der Waals surface area (Å²) in [6, 6.07) is 19.3. The molecule has 1 aliphatic rings. The van der Waals surface area contributed by atoms with E-state index < -0.39 is 17.9 Å². The summed E-state index contributed by atoms with van der Waals surface area (Å²) in [5.41, 5.74) is 1.26. The zero-order valence-corrected chi connectivity index (χ0v) is 18.0. The molecule has 3 aromatic rings. The summed E-state index contributed by atoms with van der Waals surface area (Å²) in [5, 5.41) is 11.9. The van der Waals surface area contributed by atoms with Crippen molar-refractivity contribution in [3.63, 3.8) is 0 Å². The monoisotopic (exact) mass is 435 g/mol. The van der Waals surface area contributed by atoms with Crippen molar-refractivity contribution in [3.05, 3.63) is 94.0 Å². The Hall–Kier alpha value is -3.15. The van der Waals surface area contributed by atoms with E-state index in [1.165, 1.54) is 12.0 Å². The molecule has 0 aliphatic carbocycles. The number of carbonyl (C=O) groups is 2. The number of hydrogen-bond acceptors (Lipinski definition) is 4. The lowest BCUT2D eigenvalue weighted by atomic mass is 9.88. The lowest BCUT2D eigenvalue weighted by Gasteiger charge is -2.23. The average molecular weight is 436 g/mol. The molecule has 0 unspecified atom stereocenters. The fraction of sp³-hybridized carbons (Fsp3) is 0.200. The Labute approximate surface area is 185 Å². The zero-order valence-electron chi connectivity index (χ0n) is 17.3. The summed E-state index contributed by atoms with van der Waals surface area (Å²) in [7, 11) is 1.51. The molecule has 31 heavy (non-hydrogen) atoms. The molecule has 1 atom stereocenters. The van der Waals surface area contributed by atoms with Gasteiger partial charge < -0.3 is 14.7 Å². The fourth-order valence-corrected chi connectivity index (χ4v) is 4.11. The van der Waals surface area contributed by atoms with Gasteiger partial charge in [-0.05, 0) is 48.4 Å². The van der Waals surface area contributed by atoms with Crippen LogP contribution in [-0.4, -0.2) is 23.9 Å². The highest BCUT2D eigenvalue weighted by Crippen LogP contribution is 2.45. The van der Waals surface area contributed by atoms with Crippen LogP contribution in [0.3, 0.4) is 0 Å². The third-order valence-electron chi connectivity index (χ3n) is 5.69. The predicted octanol–water partition coefficient (Wildman–Crippen LogP) is 4.66. The van der Waals surface area contributed by atoms with Crippen LogP contribution >= 0.6 is 11.6 Å². The van der Waals surface area contributed by atoms with Gasteiger partial charge in [0, 0.05) is 16.1 Å². The molecule has 5 nitrogen and oxygen atoms in total. The van der Waals surface area contributed by atoms with Crippen molar-refractivity contribution < 1.29 is 19.4 Å². The van der Waals surface area contributed by atoms with Crippen LogP contribution in [-0.2, 0) is 16.9 Å². The maximum atomic E-state index is 13.5. The van der Waals surface area contributed by atoms with Crippen molar-refractivity contribution in [1.82, 2.24) is 0 Å². The normalized spacial score (nSPS) is 17.5. The minimum atomic E-state index is -2.00. The number of amides is 1. The van der Waals surface area contributed by atoms with Gasteiger partial charge in [0.1, 0.15) is 5.75 Å². The lowest BCUT2D eigenvalue weighted by Crippen LogP contribution is -2.41. The van der Waals surface area contributed by atoms with Crippen molar-refractivity contribution in [1.29, 1.82) is 0 Å². The highest BCUT2D eigenvalue weighted by Gasteiger charge is 2.51. The summed E-state index contributed by atoms with van der Waals surface area (Å²) < 4.78 is 5.18. The number of anilines is 1. The van der Waals surface area contributed by atoms with Crippen LogP contribution in [0.5, 0.6) is 5.75 Å². The van der Waals surface area contributed by atoms with Crippen LogP contribution in [0.2, 0.25) is 5.02 Å². The summed E-state index contributed by atoms with van der Waals surface area (Å²) >= 11 is 6.18. The fourth-order valence-electron chi connectivity index (χ4n) is 3.94. The van der Waals surface area contributed by atoms with E-state index in [4.69, 9.17) is 16.3 Å². The molecule has 1 heterocycles. The number of aryl methyl sites for hydroxylation is 1. The van der Waals surface area contributed by atoms with E-state index in [9.17, 15) is 14.7 Å². The Morgan fingerprint density at radius 3 is 2.61 bits per heavy atom. The quantitative estimate of drug-likeness (QED) is 0.571. The highest BCUT2D eigenvalue weighted by molar-refractivity contribution is 6.31. The molecule has 0 saturated heterocycles. The largest absolute Gasteiger partial charge is 0.497 e. The van der Waals surface area contributed by atoms with E-state index in [0.29, 0.717) is 27.6 Å². The van der Waals surface area contributed by atoms with E-state index in [1.54, 1.807) is 42.5 Å². The molecule has 1 amide bonds. The molecule has 0 aromatic heterocycles. The minimum Gasteiger partial charge on any atom is -0.497 e. The zero-order chi connectivity index (χ0) is 22.2. The van der Waals surface area contributed by atoms with Gasteiger partial charge in [0.05, 0.1) is 25.8 Å². The average Bonchev–Trinajstić information content (AvgIpc) is 2.96. The van der Waals surface area contributed by atoms with Gasteiger partial charge in [0.25, 0.3) is 5.91 Å². The molecule has 0 saturated carbocycles. The topological polar surface area (TPSA) is 66.8 Å². The Kier molecular flexibility index (Phi) is 5.56. The number of halogens is 1. The highest BCUT2D eigenvalue weighted by atomic mass is 35.5. The smallest absolute Gasteiger partial charge is 0.264 e. The van der Waals surface area contributed by atoms with Gasteiger partial charge in [0.15, 0.2) is 11.4 Å². The number of aliphatic hydroxyl groups is 1. The summed E-state index contributed by atoms with van der Waals surface area (Å²) in [4.78, 5) is 28.0. The van der Waals surface area contributed by atoms with Crippen LogP contribution in [0.15, 0.2) is 66.7 Å². The first-order valence-electron chi connectivity index (χ1n) is 9.89. The number of benzene rings is 3. The van der Waals surface area contributed by atoms with E-state index >= 15 is 0 Å². The van der Waals surface area contributed by atoms with Crippen LogP contribution in [0, 0.1) is 6.92 Å². The van der Waals surface area contributed by atoms with Gasteiger partial charge in [-0.2, -0.15) is 0 Å². The van der Waals surface area contributed by atoms with Gasteiger partial charge in [-0.25, -0.2) is 0 Å². The van der Waals surface area contributed by atoms with E-state index in [-0.39, 0.29) is 12.3 Å². The minimum absolute atomic E-state index is 0.287. The molecule has 0 fully saturated rings. The molecule has 6 heteroatoms. The molecule has 1 N–H and O–H groups in total. The summed E-state index contributed by atoms with van der Waals surface area (Å²) in [6.45, 7) is 2.26. The molecule has 1 aliphatic heterocycles. The van der Waals surface area contributed by atoms with E-state index in [1.807, 2.05) is 31.2 Å². The summed E-state index contributed by atoms with van der Waals surface area (Å²) in [5.74, 6) is -0.372. The number of methoxy groups -OCH3 is 1. The third-order valence-corrected chi connectivity index (χ3v) is 5.93. The van der Waals surface area contributed by atoms with Crippen LogP contribution in [0.1, 0.15) is 33.5 Å². The first kappa shape index (κ1) is 21.1. The Bertz CT molecular complexity index is 1180. The molecule has 0 radical (unpaired) electrons. The van der Waals surface area contributed by atoms with Gasteiger partial charge >= 0.3 is 0 Å².